The predicted molar refractivity (Wildman–Crippen MR) is 104 cm³/mol. The van der Waals surface area contributed by atoms with Gasteiger partial charge in [0.1, 0.15) is 11.3 Å². The lowest BCUT2D eigenvalue weighted by Gasteiger charge is -2.16. The van der Waals surface area contributed by atoms with Crippen LogP contribution in [0.2, 0.25) is 0 Å². The van der Waals surface area contributed by atoms with Crippen molar-refractivity contribution in [1.29, 1.82) is 0 Å². The number of non-ortho nitro benzene ring substituents is 1. The van der Waals surface area contributed by atoms with E-state index in [2.05, 4.69) is 0 Å². The largest absolute Gasteiger partial charge is 0.485 e. The summed E-state index contributed by atoms with van der Waals surface area (Å²) in [4.78, 5) is 22.4. The van der Waals surface area contributed by atoms with E-state index in [1.54, 1.807) is 24.5 Å². The highest BCUT2D eigenvalue weighted by molar-refractivity contribution is 7.91. The minimum absolute atomic E-state index is 0.0365. The van der Waals surface area contributed by atoms with E-state index in [-0.39, 0.29) is 23.1 Å². The maximum absolute atomic E-state index is 13.3. The Balaban J connectivity index is 1.82. The number of sulfone groups is 1. The highest BCUT2D eigenvalue weighted by Crippen LogP contribution is 2.38. The van der Waals surface area contributed by atoms with Gasteiger partial charge in [-0.2, -0.15) is 13.2 Å². The zero-order valence-electron chi connectivity index (χ0n) is 16.6. The lowest BCUT2D eigenvalue weighted by molar-refractivity contribution is -0.385. The molecule has 1 saturated heterocycles. The molecule has 12 heteroatoms. The predicted octanol–water partition coefficient (Wildman–Crippen LogP) is 3.65. The third kappa shape index (κ3) is 4.73. The first kappa shape index (κ1) is 22.8. The van der Waals surface area contributed by atoms with Crippen molar-refractivity contribution >= 4 is 21.3 Å². The number of hydrogen-bond acceptors (Lipinski definition) is 6. The van der Waals surface area contributed by atoms with Gasteiger partial charge in [0.2, 0.25) is 5.78 Å². The van der Waals surface area contributed by atoms with Crippen LogP contribution in [0.25, 0.3) is 0 Å². The van der Waals surface area contributed by atoms with Crippen molar-refractivity contribution < 1.29 is 36.0 Å². The van der Waals surface area contributed by atoms with Crippen molar-refractivity contribution in [2.45, 2.75) is 32.5 Å². The first-order valence-electron chi connectivity index (χ1n) is 9.20. The molecular weight excluding hydrogens is 441 g/mol. The van der Waals surface area contributed by atoms with E-state index in [9.17, 15) is 36.5 Å². The van der Waals surface area contributed by atoms with Crippen LogP contribution in [0.15, 0.2) is 24.3 Å². The maximum Gasteiger partial charge on any atom is 0.420 e. The van der Waals surface area contributed by atoms with Gasteiger partial charge in [-0.15, -0.1) is 0 Å². The number of halogens is 3. The molecule has 0 N–H and O–H groups in total. The summed E-state index contributed by atoms with van der Waals surface area (Å²) < 4.78 is 70.2. The lowest BCUT2D eigenvalue weighted by atomic mass is 10.1. The second-order valence-electron chi connectivity index (χ2n) is 7.36. The Morgan fingerprint density at radius 3 is 2.52 bits per heavy atom. The Morgan fingerprint density at radius 2 is 1.97 bits per heavy atom. The molecule has 0 radical (unpaired) electrons. The topological polar surface area (TPSA) is 109 Å². The first-order valence-corrected chi connectivity index (χ1v) is 11.0. The summed E-state index contributed by atoms with van der Waals surface area (Å²) in [5.74, 6) is -1.26. The second-order valence-corrected chi connectivity index (χ2v) is 9.59. The molecule has 1 aromatic carbocycles. The highest BCUT2D eigenvalue weighted by atomic mass is 32.2. The van der Waals surface area contributed by atoms with Gasteiger partial charge in [0.15, 0.2) is 16.4 Å². The molecular formula is C19H19F3N2O6S. The van der Waals surface area contributed by atoms with Gasteiger partial charge in [0.05, 0.1) is 16.4 Å². The van der Waals surface area contributed by atoms with Crippen LogP contribution in [0.3, 0.4) is 0 Å². The van der Waals surface area contributed by atoms with Crippen LogP contribution in [0, 0.1) is 24.0 Å². The summed E-state index contributed by atoms with van der Waals surface area (Å²) in [6.45, 7) is 2.64. The molecule has 2 heterocycles. The Kier molecular flexibility index (Phi) is 5.87. The minimum Gasteiger partial charge on any atom is -0.485 e. The molecule has 168 valence electrons. The molecule has 3 rings (SSSR count). The number of rotatable bonds is 6. The van der Waals surface area contributed by atoms with Crippen molar-refractivity contribution in [3.8, 4) is 5.75 Å². The van der Waals surface area contributed by atoms with Crippen LogP contribution >= 0.6 is 0 Å². The second kappa shape index (κ2) is 7.98. The molecule has 1 unspecified atom stereocenters. The van der Waals surface area contributed by atoms with Crippen molar-refractivity contribution in [2.75, 3.05) is 18.1 Å². The number of carbonyl (C=O) groups excluding carboxylic acids is 1. The number of carbonyl (C=O) groups is 1. The van der Waals surface area contributed by atoms with Gasteiger partial charge in [0, 0.05) is 35.1 Å². The number of nitrogens with zero attached hydrogens (tertiary/aromatic N) is 2. The summed E-state index contributed by atoms with van der Waals surface area (Å²) in [6.07, 6.45) is -4.49. The SMILES string of the molecule is Cc1cc(C(=O)COc2ccc([N+](=O)[O-])cc2C(F)(F)F)c(C)n1C1CCS(=O)(=O)C1. The zero-order chi connectivity index (χ0) is 23.1. The Morgan fingerprint density at radius 1 is 1.29 bits per heavy atom. The normalized spacial score (nSPS) is 18.2. The molecule has 0 saturated carbocycles. The molecule has 1 aliphatic heterocycles. The number of benzene rings is 1. The lowest BCUT2D eigenvalue weighted by Crippen LogP contribution is -2.17. The Bertz CT molecular complexity index is 1150. The van der Waals surface area contributed by atoms with Crippen LogP contribution < -0.4 is 4.74 Å². The maximum atomic E-state index is 13.3. The number of Topliss-reactive ketones (excluding diaryl/α,β-unsaturated/α-hetero) is 1. The molecule has 1 aliphatic rings. The molecule has 0 bridgehead atoms. The number of aryl methyl sites for hydroxylation is 1. The Labute approximate surface area is 175 Å². The smallest absolute Gasteiger partial charge is 0.420 e. The monoisotopic (exact) mass is 460 g/mol. The molecule has 1 fully saturated rings. The van der Waals surface area contributed by atoms with Crippen LogP contribution in [0.4, 0.5) is 18.9 Å². The summed E-state index contributed by atoms with van der Waals surface area (Å²) >= 11 is 0. The van der Waals surface area contributed by atoms with Gasteiger partial charge < -0.3 is 9.30 Å². The van der Waals surface area contributed by atoms with Crippen LogP contribution in [-0.4, -0.2) is 41.8 Å². The molecule has 0 amide bonds. The molecule has 1 aromatic heterocycles. The van der Waals surface area contributed by atoms with Crippen molar-refractivity contribution in [3.63, 3.8) is 0 Å². The fourth-order valence-electron chi connectivity index (χ4n) is 3.80. The summed E-state index contributed by atoms with van der Waals surface area (Å²) in [5, 5.41) is 10.8. The number of ketones is 1. The Hall–Kier alpha value is -2.89. The summed E-state index contributed by atoms with van der Waals surface area (Å²) in [5.41, 5.74) is -0.711. The van der Waals surface area contributed by atoms with E-state index in [4.69, 9.17) is 4.74 Å². The molecule has 0 spiro atoms. The van der Waals surface area contributed by atoms with E-state index in [0.29, 0.717) is 23.9 Å². The van der Waals surface area contributed by atoms with Crippen LogP contribution in [-0.2, 0) is 16.0 Å². The van der Waals surface area contributed by atoms with Gasteiger partial charge in [-0.3, -0.25) is 14.9 Å². The van der Waals surface area contributed by atoms with E-state index in [0.717, 1.165) is 12.1 Å². The number of alkyl halides is 3. The molecule has 31 heavy (non-hydrogen) atoms. The number of hydrogen-bond donors (Lipinski definition) is 0. The standard InChI is InChI=1S/C19H19F3N2O6S/c1-11-7-15(12(2)23(11)14-5-6-31(28,29)10-14)17(25)9-30-18-4-3-13(24(26)27)8-16(18)19(20,21)22/h3-4,7-8,14H,5-6,9-10H2,1-2H3. The van der Waals surface area contributed by atoms with Crippen molar-refractivity contribution in [1.82, 2.24) is 4.57 Å². The van der Waals surface area contributed by atoms with Crippen LogP contribution in [0.5, 0.6) is 5.75 Å². The van der Waals surface area contributed by atoms with E-state index in [1.807, 2.05) is 0 Å². The van der Waals surface area contributed by atoms with Gasteiger partial charge in [-0.25, -0.2) is 8.42 Å². The average molecular weight is 460 g/mol. The van der Waals surface area contributed by atoms with Gasteiger partial charge >= 0.3 is 6.18 Å². The molecule has 1 atom stereocenters. The number of nitro benzene ring substituents is 1. The van der Waals surface area contributed by atoms with Gasteiger partial charge in [0.25, 0.3) is 5.69 Å². The molecule has 0 aliphatic carbocycles. The fraction of sp³-hybridized carbons (Fsp3) is 0.421. The third-order valence-corrected chi connectivity index (χ3v) is 6.95. The number of nitro groups is 1. The quantitative estimate of drug-likeness (QED) is 0.370. The first-order chi connectivity index (χ1) is 14.3. The molecule has 2 aromatic rings. The van der Waals surface area contributed by atoms with Crippen molar-refractivity contribution in [3.05, 3.63) is 56.9 Å². The van der Waals surface area contributed by atoms with E-state index in [1.165, 1.54) is 0 Å². The summed E-state index contributed by atoms with van der Waals surface area (Å²) in [6, 6.07) is 3.26. The van der Waals surface area contributed by atoms with Gasteiger partial charge in [-0.05, 0) is 32.4 Å². The van der Waals surface area contributed by atoms with E-state index >= 15 is 0 Å². The third-order valence-electron chi connectivity index (χ3n) is 5.20. The van der Waals surface area contributed by atoms with E-state index < -0.39 is 50.3 Å². The fourth-order valence-corrected chi connectivity index (χ4v) is 5.50. The van der Waals surface area contributed by atoms with Crippen LogP contribution in [0.1, 0.15) is 39.8 Å². The number of ether oxygens (including phenoxy) is 1. The van der Waals surface area contributed by atoms with Crippen molar-refractivity contribution in [2.24, 2.45) is 0 Å². The average Bonchev–Trinajstić information content (AvgIpc) is 3.16. The van der Waals surface area contributed by atoms with Gasteiger partial charge in [-0.1, -0.05) is 0 Å². The highest BCUT2D eigenvalue weighted by Gasteiger charge is 2.36. The molecule has 8 nitrogen and oxygen atoms in total. The summed E-state index contributed by atoms with van der Waals surface area (Å²) in [7, 11) is -3.15. The number of aromatic nitrogens is 1. The minimum atomic E-state index is -4.91. The zero-order valence-corrected chi connectivity index (χ0v) is 17.4.